The van der Waals surface area contributed by atoms with Crippen LogP contribution in [-0.4, -0.2) is 41.3 Å². The minimum atomic E-state index is -0.406. The topological polar surface area (TPSA) is 91.5 Å². The van der Waals surface area contributed by atoms with Crippen LogP contribution in [0.4, 0.5) is 17.3 Å². The predicted molar refractivity (Wildman–Crippen MR) is 77.1 cm³/mol. The number of nitro groups is 1. The van der Waals surface area contributed by atoms with Crippen molar-refractivity contribution in [2.45, 2.75) is 31.7 Å². The Morgan fingerprint density at radius 1 is 1.55 bits per heavy atom. The molecule has 0 saturated carbocycles. The summed E-state index contributed by atoms with van der Waals surface area (Å²) in [4.78, 5) is 17.1. The van der Waals surface area contributed by atoms with Gasteiger partial charge in [-0.15, -0.1) is 0 Å². The summed E-state index contributed by atoms with van der Waals surface area (Å²) in [5.41, 5.74) is 0.0349. The number of hydrogen-bond donors (Lipinski definition) is 2. The highest BCUT2D eigenvalue weighted by atomic mass is 16.6. The van der Waals surface area contributed by atoms with E-state index in [1.807, 2.05) is 0 Å². The first-order chi connectivity index (χ1) is 9.65. The Hall–Kier alpha value is -1.89. The van der Waals surface area contributed by atoms with E-state index in [-0.39, 0.29) is 18.3 Å². The molecular weight excluding hydrogens is 260 g/mol. The fraction of sp³-hybridized carbons (Fsp3) is 0.615. The first-order valence-corrected chi connectivity index (χ1v) is 6.87. The number of aliphatic hydroxyl groups is 1. The molecule has 110 valence electrons. The Bertz CT molecular complexity index is 479. The third-order valence-corrected chi connectivity index (χ3v) is 3.65. The Morgan fingerprint density at radius 3 is 3.00 bits per heavy atom. The van der Waals surface area contributed by atoms with Gasteiger partial charge in [0.25, 0.3) is 5.69 Å². The van der Waals surface area contributed by atoms with Gasteiger partial charge in [-0.3, -0.25) is 10.1 Å². The maximum atomic E-state index is 11.0. The van der Waals surface area contributed by atoms with Crippen molar-refractivity contribution in [2.24, 2.45) is 0 Å². The van der Waals surface area contributed by atoms with Gasteiger partial charge in [0.2, 0.25) is 0 Å². The minimum Gasteiger partial charge on any atom is -0.396 e. The molecule has 20 heavy (non-hydrogen) atoms. The summed E-state index contributed by atoms with van der Waals surface area (Å²) in [5.74, 6) is 1.10. The number of nitrogens with one attached hydrogen (secondary N) is 1. The van der Waals surface area contributed by atoms with Gasteiger partial charge in [0.05, 0.1) is 17.1 Å². The molecule has 1 saturated heterocycles. The number of aromatic nitrogens is 1. The summed E-state index contributed by atoms with van der Waals surface area (Å²) in [7, 11) is 1.69. The molecule has 0 radical (unpaired) electrons. The highest BCUT2D eigenvalue weighted by Crippen LogP contribution is 2.29. The van der Waals surface area contributed by atoms with Crippen LogP contribution in [0, 0.1) is 10.1 Å². The second-order valence-corrected chi connectivity index (χ2v) is 4.93. The summed E-state index contributed by atoms with van der Waals surface area (Å²) < 4.78 is 0. The zero-order chi connectivity index (χ0) is 14.5. The van der Waals surface area contributed by atoms with E-state index < -0.39 is 4.92 Å². The monoisotopic (exact) mass is 280 g/mol. The normalized spacial score (nSPS) is 18.9. The maximum Gasteiger partial charge on any atom is 0.276 e. The molecule has 7 heteroatoms. The van der Waals surface area contributed by atoms with E-state index in [9.17, 15) is 10.1 Å². The lowest BCUT2D eigenvalue weighted by Gasteiger charge is -2.36. The summed E-state index contributed by atoms with van der Waals surface area (Å²) in [5, 5.41) is 23.0. The molecule has 0 bridgehead atoms. The first kappa shape index (κ1) is 14.5. The van der Waals surface area contributed by atoms with Crippen LogP contribution < -0.4 is 10.2 Å². The fourth-order valence-corrected chi connectivity index (χ4v) is 2.63. The number of nitrogens with zero attached hydrogens (tertiary/aromatic N) is 3. The van der Waals surface area contributed by atoms with Gasteiger partial charge in [0.1, 0.15) is 11.6 Å². The molecule has 2 heterocycles. The first-order valence-electron chi connectivity index (χ1n) is 6.87. The fourth-order valence-electron chi connectivity index (χ4n) is 2.63. The van der Waals surface area contributed by atoms with Crippen molar-refractivity contribution in [1.82, 2.24) is 4.98 Å². The van der Waals surface area contributed by atoms with E-state index in [1.165, 1.54) is 12.1 Å². The van der Waals surface area contributed by atoms with Crippen LogP contribution in [0.5, 0.6) is 0 Å². The molecular formula is C13H20N4O3. The van der Waals surface area contributed by atoms with Crippen LogP contribution in [0.15, 0.2) is 12.1 Å². The number of pyridine rings is 1. The molecule has 1 aromatic rings. The van der Waals surface area contributed by atoms with Crippen molar-refractivity contribution in [3.05, 3.63) is 22.2 Å². The number of rotatable bonds is 5. The quantitative estimate of drug-likeness (QED) is 0.631. The van der Waals surface area contributed by atoms with Crippen LogP contribution in [0.3, 0.4) is 0 Å². The van der Waals surface area contributed by atoms with Crippen LogP contribution in [0.1, 0.15) is 25.7 Å². The summed E-state index contributed by atoms with van der Waals surface area (Å²) >= 11 is 0. The van der Waals surface area contributed by atoms with Crippen LogP contribution in [0.2, 0.25) is 0 Å². The molecule has 7 nitrogen and oxygen atoms in total. The van der Waals surface area contributed by atoms with E-state index in [2.05, 4.69) is 15.2 Å². The Kier molecular flexibility index (Phi) is 4.73. The van der Waals surface area contributed by atoms with E-state index in [1.54, 1.807) is 7.05 Å². The standard InChI is InChI=1S/C13H20N4O3/c1-14-12-8-11(17(19)20)9-13(15-12)16-6-3-2-4-10(16)5-7-18/h8-10,18H,2-7H2,1H3,(H,14,15). The molecule has 0 aromatic carbocycles. The van der Waals surface area contributed by atoms with Gasteiger partial charge in [-0.2, -0.15) is 0 Å². The molecule has 1 fully saturated rings. The molecule has 1 aliphatic rings. The Balaban J connectivity index is 2.33. The maximum absolute atomic E-state index is 11.0. The number of aliphatic hydroxyl groups excluding tert-OH is 1. The van der Waals surface area contributed by atoms with Crippen molar-refractivity contribution < 1.29 is 10.0 Å². The number of anilines is 2. The van der Waals surface area contributed by atoms with Crippen molar-refractivity contribution in [1.29, 1.82) is 0 Å². The molecule has 2 N–H and O–H groups in total. The highest BCUT2D eigenvalue weighted by molar-refractivity contribution is 5.56. The van der Waals surface area contributed by atoms with E-state index in [0.29, 0.717) is 18.1 Å². The molecule has 1 aromatic heterocycles. The molecule has 0 aliphatic carbocycles. The van der Waals surface area contributed by atoms with Crippen molar-refractivity contribution in [2.75, 3.05) is 30.4 Å². The average molecular weight is 280 g/mol. The zero-order valence-electron chi connectivity index (χ0n) is 11.6. The largest absolute Gasteiger partial charge is 0.396 e. The van der Waals surface area contributed by atoms with Crippen molar-refractivity contribution in [3.8, 4) is 0 Å². The van der Waals surface area contributed by atoms with Gasteiger partial charge in [-0.1, -0.05) is 0 Å². The lowest BCUT2D eigenvalue weighted by molar-refractivity contribution is -0.384. The predicted octanol–water partition coefficient (Wildman–Crippen LogP) is 1.77. The molecule has 1 aliphatic heterocycles. The average Bonchev–Trinajstić information content (AvgIpc) is 2.47. The van der Waals surface area contributed by atoms with Crippen LogP contribution in [0.25, 0.3) is 0 Å². The van der Waals surface area contributed by atoms with Gasteiger partial charge in [-0.25, -0.2) is 4.98 Å². The van der Waals surface area contributed by atoms with E-state index in [0.717, 1.165) is 25.8 Å². The lowest BCUT2D eigenvalue weighted by atomic mass is 9.99. The summed E-state index contributed by atoms with van der Waals surface area (Å²) in [6, 6.07) is 3.14. The molecule has 1 atom stereocenters. The Labute approximate surface area is 117 Å². The molecule has 1 unspecified atom stereocenters. The molecule has 0 spiro atoms. The second kappa shape index (κ2) is 6.51. The summed E-state index contributed by atoms with van der Waals surface area (Å²) in [6.07, 6.45) is 3.81. The lowest BCUT2D eigenvalue weighted by Crippen LogP contribution is -2.40. The van der Waals surface area contributed by atoms with Gasteiger partial charge in [-0.05, 0) is 25.7 Å². The third kappa shape index (κ3) is 3.16. The second-order valence-electron chi connectivity index (χ2n) is 4.93. The van der Waals surface area contributed by atoms with Crippen LogP contribution >= 0.6 is 0 Å². The minimum absolute atomic E-state index is 0.0349. The SMILES string of the molecule is CNc1cc([N+](=O)[O-])cc(N2CCCCC2CCO)n1. The van der Waals surface area contributed by atoms with E-state index in [4.69, 9.17) is 5.11 Å². The van der Waals surface area contributed by atoms with Crippen molar-refractivity contribution >= 4 is 17.3 Å². The van der Waals surface area contributed by atoms with Crippen LogP contribution in [-0.2, 0) is 0 Å². The van der Waals surface area contributed by atoms with Gasteiger partial charge < -0.3 is 15.3 Å². The molecule has 0 amide bonds. The molecule has 2 rings (SSSR count). The number of piperidine rings is 1. The Morgan fingerprint density at radius 2 is 2.35 bits per heavy atom. The number of hydrogen-bond acceptors (Lipinski definition) is 6. The highest BCUT2D eigenvalue weighted by Gasteiger charge is 2.25. The zero-order valence-corrected chi connectivity index (χ0v) is 11.6. The third-order valence-electron chi connectivity index (χ3n) is 3.65. The van der Waals surface area contributed by atoms with Gasteiger partial charge in [0, 0.05) is 26.2 Å². The van der Waals surface area contributed by atoms with Crippen molar-refractivity contribution in [3.63, 3.8) is 0 Å². The summed E-state index contributed by atoms with van der Waals surface area (Å²) in [6.45, 7) is 0.941. The van der Waals surface area contributed by atoms with E-state index >= 15 is 0 Å². The van der Waals surface area contributed by atoms with Gasteiger partial charge in [0.15, 0.2) is 0 Å². The van der Waals surface area contributed by atoms with Gasteiger partial charge >= 0.3 is 0 Å². The smallest absolute Gasteiger partial charge is 0.276 e.